The molecule has 21 nitrogen and oxygen atoms in total. The third kappa shape index (κ3) is 30.3. The third-order valence-corrected chi connectivity index (χ3v) is 19.6. The number of unbranched alkanes of at least 4 members (excludes halogenated alkanes) is 4. The maximum Gasteiger partial charge on any atom is 0.161 e. The van der Waals surface area contributed by atoms with Crippen LogP contribution >= 0.6 is 0 Å². The van der Waals surface area contributed by atoms with Gasteiger partial charge in [0.15, 0.2) is 11.5 Å². The number of aromatic amines is 3. The van der Waals surface area contributed by atoms with Crippen LogP contribution in [0.5, 0.6) is 17.2 Å². The quantitative estimate of drug-likeness (QED) is 0.0264. The number of ether oxygens (including phenoxy) is 5. The fraction of sp³-hybridized carbons (Fsp3) is 0.551. The smallest absolute Gasteiger partial charge is 0.161 e. The Morgan fingerprint density at radius 3 is 1.63 bits per heavy atom. The van der Waals surface area contributed by atoms with Crippen molar-refractivity contribution in [2.75, 3.05) is 117 Å². The van der Waals surface area contributed by atoms with Gasteiger partial charge in [0.2, 0.25) is 0 Å². The largest absolute Gasteiger partial charge is 0.490 e. The zero-order valence-electron chi connectivity index (χ0n) is 67.1. The molecule has 9 aromatic rings. The lowest BCUT2D eigenvalue weighted by atomic mass is 10.1. The number of piperidine rings is 1. The zero-order chi connectivity index (χ0) is 76.0. The van der Waals surface area contributed by atoms with E-state index in [1.807, 2.05) is 62.3 Å². The second-order valence-electron chi connectivity index (χ2n) is 28.8. The van der Waals surface area contributed by atoms with Crippen LogP contribution in [0.2, 0.25) is 0 Å². The topological polar surface area (TPSA) is 204 Å². The molecule has 110 heavy (non-hydrogen) atoms. The molecule has 0 saturated carbocycles. The Morgan fingerprint density at radius 1 is 0.573 bits per heavy atom. The molecule has 0 radical (unpaired) electrons. The first kappa shape index (κ1) is 92.2. The fourth-order valence-corrected chi connectivity index (χ4v) is 13.2. The minimum atomic E-state index is 0. The molecule has 2 unspecified atom stereocenters. The number of benzene rings is 3. The lowest BCUT2D eigenvalue weighted by molar-refractivity contribution is 0.107. The van der Waals surface area contributed by atoms with Gasteiger partial charge < -0.3 is 53.5 Å². The molecule has 2 atom stereocenters. The number of nitrogens with zero attached hydrogens (tertiary/aromatic N) is 12. The van der Waals surface area contributed by atoms with Crippen LogP contribution in [0.3, 0.4) is 0 Å². The number of hydrogen-bond acceptors (Lipinski definition) is 17. The summed E-state index contributed by atoms with van der Waals surface area (Å²) in [5.41, 5.74) is 15.9. The van der Waals surface area contributed by atoms with Gasteiger partial charge in [-0.05, 0) is 230 Å². The van der Waals surface area contributed by atoms with E-state index in [1.54, 1.807) is 0 Å². The highest BCUT2D eigenvalue weighted by Gasteiger charge is 2.21. The van der Waals surface area contributed by atoms with Gasteiger partial charge in [-0.1, -0.05) is 102 Å². The summed E-state index contributed by atoms with van der Waals surface area (Å²) in [5.74, 6) is 3.95. The van der Waals surface area contributed by atoms with Crippen molar-refractivity contribution in [1.82, 2.24) is 69.9 Å². The van der Waals surface area contributed by atoms with Crippen LogP contribution in [0.1, 0.15) is 207 Å². The number of hydrogen-bond donors (Lipinski definition) is 4. The van der Waals surface area contributed by atoms with Gasteiger partial charge in [-0.15, -0.1) is 0 Å². The van der Waals surface area contributed by atoms with Crippen molar-refractivity contribution < 1.29 is 23.7 Å². The molecule has 2 aliphatic heterocycles. The van der Waals surface area contributed by atoms with E-state index in [0.29, 0.717) is 38.4 Å². The zero-order valence-corrected chi connectivity index (χ0v) is 67.1. The van der Waals surface area contributed by atoms with Crippen molar-refractivity contribution in [2.24, 2.45) is 5.92 Å². The van der Waals surface area contributed by atoms with Gasteiger partial charge in [0.05, 0.1) is 78.7 Å². The molecular formula is C89H140N16O5. The van der Waals surface area contributed by atoms with E-state index in [-0.39, 0.29) is 28.3 Å². The summed E-state index contributed by atoms with van der Waals surface area (Å²) in [4.78, 5) is 20.6. The van der Waals surface area contributed by atoms with Crippen molar-refractivity contribution in [1.29, 1.82) is 0 Å². The summed E-state index contributed by atoms with van der Waals surface area (Å²) in [6, 6.07) is 33.7. The van der Waals surface area contributed by atoms with Gasteiger partial charge in [-0.2, -0.15) is 20.4 Å². The number of nitrogens with one attached hydrogen (secondary N) is 4. The van der Waals surface area contributed by atoms with E-state index >= 15 is 0 Å². The first-order valence-corrected chi connectivity index (χ1v) is 39.9. The molecule has 2 saturated heterocycles. The van der Waals surface area contributed by atoms with Crippen LogP contribution in [-0.2, 0) is 35.7 Å². The average Bonchev–Trinajstić information content (AvgIpc) is 1.65. The number of anilines is 2. The monoisotopic (exact) mass is 1510 g/mol. The molecule has 606 valence electrons. The molecule has 4 N–H and O–H groups in total. The number of aryl methyl sites for hydroxylation is 1. The Bertz CT molecular complexity index is 3820. The first-order valence-electron chi connectivity index (χ1n) is 39.9. The number of aromatic nitrogens is 10. The normalized spacial score (nSPS) is 13.5. The van der Waals surface area contributed by atoms with E-state index in [2.05, 4.69) is 238 Å². The summed E-state index contributed by atoms with van der Waals surface area (Å²) < 4.78 is 31.1. The Morgan fingerprint density at radius 2 is 1.11 bits per heavy atom. The predicted octanol–water partition coefficient (Wildman–Crippen LogP) is 19.6. The summed E-state index contributed by atoms with van der Waals surface area (Å²) in [5, 5.41) is 30.5. The molecule has 6 aromatic heterocycles. The second-order valence-corrected chi connectivity index (χ2v) is 28.8. The molecule has 0 bridgehead atoms. The molecular weight excluding hydrogens is 1370 g/mol. The maximum absolute atomic E-state index is 6.20. The standard InChI is InChI=1S/C24H37N3O4.C22H29N5.C21H33N3O.C19H29N5.3CH4/c1-4-6-10-27(3)16-21-15-25-26-24(21)20-7-8-22(30-13-12-28-5-2)23(14-20)31-18-19-9-11-29-17-19;1-4-5-14-27(3)16-20-15-24-26-22(20)19-6-8-21(9-7-19)25-17(2)18-10-12-23-13-11-18;1-6-9-14-23(5)16-19-15-17(4)22-24(19)18-10-12-21(13-11-18)25-20(7-2)8-3;1-3-4-10-23(2)15-17-14-21-22-19(17)16-8-9-18(20-13-16)24-11-6-5-7-12-24;;;/h7-8,14-15,19H,4-6,9-13,16-18H2,1-3H3,(H,25,26);6-13,15,17,25H,4-5,14,16H2,1-3H3,(H,24,26);10-13,15,20H,6-9,14,16H2,1-5H3;8-9,13-14H,3-7,10-12,15H2,1-2H3,(H,21,22);3*1H4. The molecule has 0 amide bonds. The molecule has 8 heterocycles. The van der Waals surface area contributed by atoms with Crippen LogP contribution in [-0.4, -0.2) is 183 Å². The third-order valence-electron chi connectivity index (χ3n) is 19.6. The Hall–Kier alpha value is -8.44. The number of rotatable bonds is 40. The van der Waals surface area contributed by atoms with E-state index < -0.39 is 0 Å². The van der Waals surface area contributed by atoms with Crippen LogP contribution in [0.25, 0.3) is 39.5 Å². The van der Waals surface area contributed by atoms with Crippen molar-refractivity contribution >= 4 is 11.5 Å². The van der Waals surface area contributed by atoms with E-state index in [9.17, 15) is 0 Å². The fourth-order valence-electron chi connectivity index (χ4n) is 13.2. The van der Waals surface area contributed by atoms with Crippen LogP contribution in [0.15, 0.2) is 134 Å². The highest BCUT2D eigenvalue weighted by molar-refractivity contribution is 5.68. The van der Waals surface area contributed by atoms with E-state index in [1.165, 1.54) is 98.6 Å². The van der Waals surface area contributed by atoms with Crippen LogP contribution in [0.4, 0.5) is 11.5 Å². The van der Waals surface area contributed by atoms with Gasteiger partial charge in [0.25, 0.3) is 0 Å². The SMILES string of the molecule is C.C.C.CCCCN(C)Cc1cc(C)nn1-c1ccc(OC(CC)CC)cc1.CCCCN(C)Cc1cn[nH]c1-c1ccc(N2CCCCC2)nc1.CCCCN(C)Cc1cn[nH]c1-c1ccc(NC(C)c2ccncc2)cc1.CCCCN(C)Cc1cn[nH]c1-c1ccc(OCCOCC)c(OCC2CCOC2)c1. The highest BCUT2D eigenvalue weighted by Crippen LogP contribution is 2.35. The Balaban J connectivity index is 0.000000261. The van der Waals surface area contributed by atoms with Gasteiger partial charge >= 0.3 is 0 Å². The first-order chi connectivity index (χ1) is 52.2. The molecule has 0 aliphatic carbocycles. The minimum Gasteiger partial charge on any atom is -0.490 e. The van der Waals surface area contributed by atoms with Gasteiger partial charge in [-0.25, -0.2) is 9.67 Å². The van der Waals surface area contributed by atoms with E-state index in [0.717, 1.165) is 172 Å². The number of H-pyrrole nitrogens is 3. The Kier molecular flexibility index (Phi) is 42.9. The minimum absolute atomic E-state index is 0. The molecule has 0 spiro atoms. The van der Waals surface area contributed by atoms with Crippen molar-refractivity contribution in [3.63, 3.8) is 0 Å². The molecule has 2 fully saturated rings. The number of pyridine rings is 2. The van der Waals surface area contributed by atoms with Gasteiger partial charge in [-0.3, -0.25) is 20.3 Å². The average molecular weight is 1510 g/mol. The summed E-state index contributed by atoms with van der Waals surface area (Å²) in [6.07, 6.45) is 28.5. The van der Waals surface area contributed by atoms with Gasteiger partial charge in [0.1, 0.15) is 18.2 Å². The Labute approximate surface area is 662 Å². The summed E-state index contributed by atoms with van der Waals surface area (Å²) in [7, 11) is 8.67. The van der Waals surface area contributed by atoms with Gasteiger partial charge in [0, 0.05) is 122 Å². The van der Waals surface area contributed by atoms with Crippen LogP contribution < -0.4 is 24.4 Å². The molecule has 3 aromatic carbocycles. The predicted molar refractivity (Wildman–Crippen MR) is 457 cm³/mol. The lowest BCUT2D eigenvalue weighted by Gasteiger charge is -2.27. The lowest BCUT2D eigenvalue weighted by Crippen LogP contribution is -2.29. The maximum atomic E-state index is 6.20. The molecule has 21 heteroatoms. The van der Waals surface area contributed by atoms with E-state index in [4.69, 9.17) is 28.7 Å². The highest BCUT2D eigenvalue weighted by atomic mass is 16.5. The summed E-state index contributed by atoms with van der Waals surface area (Å²) >= 11 is 0. The summed E-state index contributed by atoms with van der Waals surface area (Å²) in [6.45, 7) is 33.6. The second kappa shape index (κ2) is 51.2. The van der Waals surface area contributed by atoms with Crippen molar-refractivity contribution in [3.05, 3.63) is 168 Å². The molecule has 2 aliphatic rings. The molecule has 11 rings (SSSR count). The van der Waals surface area contributed by atoms with Crippen molar-refractivity contribution in [3.8, 4) is 56.7 Å². The van der Waals surface area contributed by atoms with Crippen molar-refractivity contribution in [2.45, 2.75) is 213 Å². The van der Waals surface area contributed by atoms with Crippen LogP contribution in [0, 0.1) is 12.8 Å².